The maximum atomic E-state index is 14.9. The first kappa shape index (κ1) is 30.1. The van der Waals surface area contributed by atoms with Crippen LogP contribution in [0.3, 0.4) is 0 Å². The average Bonchev–Trinajstić information content (AvgIpc) is 3.62. The summed E-state index contributed by atoms with van der Waals surface area (Å²) in [4.78, 5) is 28.0. The predicted octanol–water partition coefficient (Wildman–Crippen LogP) is 6.61. The van der Waals surface area contributed by atoms with Crippen molar-refractivity contribution in [2.75, 3.05) is 38.4 Å². The van der Waals surface area contributed by atoms with Gasteiger partial charge < -0.3 is 29.4 Å². The topological polar surface area (TPSA) is 116 Å². The lowest BCUT2D eigenvalue weighted by Crippen LogP contribution is -2.24. The van der Waals surface area contributed by atoms with Gasteiger partial charge in [0.1, 0.15) is 35.1 Å². The van der Waals surface area contributed by atoms with Crippen molar-refractivity contribution < 1.29 is 23.4 Å². The zero-order valence-electron chi connectivity index (χ0n) is 25.1. The molecule has 2 N–H and O–H groups in total. The van der Waals surface area contributed by atoms with Crippen molar-refractivity contribution >= 4 is 56.6 Å². The van der Waals surface area contributed by atoms with E-state index in [9.17, 15) is 9.18 Å². The Morgan fingerprint density at radius 2 is 1.80 bits per heavy atom. The molecule has 1 saturated heterocycles. The monoisotopic (exact) mass is 631 g/mol. The van der Waals surface area contributed by atoms with E-state index in [1.807, 2.05) is 41.8 Å². The number of imidazole rings is 1. The van der Waals surface area contributed by atoms with Crippen molar-refractivity contribution in [1.82, 2.24) is 24.4 Å². The Bertz CT molecular complexity index is 1950. The van der Waals surface area contributed by atoms with E-state index in [-0.39, 0.29) is 11.7 Å². The summed E-state index contributed by atoms with van der Waals surface area (Å²) in [5.41, 5.74) is 3.06. The summed E-state index contributed by atoms with van der Waals surface area (Å²) in [6.07, 6.45) is 6.23. The van der Waals surface area contributed by atoms with Crippen molar-refractivity contribution in [2.24, 2.45) is 7.05 Å². The Morgan fingerprint density at radius 1 is 1.00 bits per heavy atom. The third-order valence-electron chi connectivity index (χ3n) is 7.77. The summed E-state index contributed by atoms with van der Waals surface area (Å²) in [6.45, 7) is 0.859. The van der Waals surface area contributed by atoms with Crippen LogP contribution in [0.4, 0.5) is 21.6 Å². The fourth-order valence-corrected chi connectivity index (χ4v) is 5.54. The van der Waals surface area contributed by atoms with Gasteiger partial charge in [-0.3, -0.25) is 9.69 Å². The maximum Gasteiger partial charge on any atom is 0.284 e. The minimum atomic E-state index is -0.870. The van der Waals surface area contributed by atoms with Crippen molar-refractivity contribution in [3.63, 3.8) is 0 Å². The van der Waals surface area contributed by atoms with Gasteiger partial charge in [0.15, 0.2) is 5.83 Å². The van der Waals surface area contributed by atoms with E-state index >= 15 is 0 Å². The molecular formula is C32H31ClFN7O4. The summed E-state index contributed by atoms with van der Waals surface area (Å²) in [7, 11) is 6.82. The summed E-state index contributed by atoms with van der Waals surface area (Å²) < 4.78 is 34.0. The van der Waals surface area contributed by atoms with E-state index < -0.39 is 11.7 Å². The van der Waals surface area contributed by atoms with Crippen molar-refractivity contribution in [3.05, 3.63) is 72.0 Å². The Balaban J connectivity index is 1.28. The first-order chi connectivity index (χ1) is 21.7. The quantitative estimate of drug-likeness (QED) is 0.173. The number of likely N-dealkylation sites (N-methyl/N-ethyl adjacent to an activating group) is 1. The first-order valence-electron chi connectivity index (χ1n) is 14.2. The van der Waals surface area contributed by atoms with Crippen LogP contribution < -0.4 is 24.8 Å². The number of ether oxygens (including phenoxy) is 3. The van der Waals surface area contributed by atoms with Gasteiger partial charge in [0, 0.05) is 36.7 Å². The fraction of sp³-hybridized carbons (Fsp3) is 0.250. The van der Waals surface area contributed by atoms with Gasteiger partial charge in [-0.05, 0) is 56.8 Å². The second-order valence-corrected chi connectivity index (χ2v) is 11.1. The number of anilines is 3. The zero-order chi connectivity index (χ0) is 31.7. The molecular weight excluding hydrogens is 601 g/mol. The number of benzene rings is 3. The highest BCUT2D eigenvalue weighted by atomic mass is 35.5. The number of methoxy groups -OCH3 is 2. The number of nitrogens with one attached hydrogen (secondary N) is 2. The number of carbonyl (C=O) groups excluding carboxylic acids is 1. The second kappa shape index (κ2) is 12.6. The van der Waals surface area contributed by atoms with E-state index in [4.69, 9.17) is 25.8 Å². The van der Waals surface area contributed by atoms with Gasteiger partial charge >= 0.3 is 0 Å². The van der Waals surface area contributed by atoms with Crippen LogP contribution in [0.2, 0.25) is 5.02 Å². The molecule has 2 aromatic heterocycles. The highest BCUT2D eigenvalue weighted by Crippen LogP contribution is 2.41. The molecule has 5 aromatic rings. The number of aromatic nitrogens is 4. The number of aryl methyl sites for hydroxylation is 1. The largest absolute Gasteiger partial charge is 0.494 e. The minimum Gasteiger partial charge on any atom is -0.494 e. The Labute approximate surface area is 263 Å². The van der Waals surface area contributed by atoms with Crippen molar-refractivity contribution in [1.29, 1.82) is 0 Å². The minimum absolute atomic E-state index is 0.123. The molecule has 6 rings (SSSR count). The molecule has 0 bridgehead atoms. The summed E-state index contributed by atoms with van der Waals surface area (Å²) in [5, 5.41) is 6.74. The number of fused-ring (bicyclic) bond motifs is 2. The summed E-state index contributed by atoms with van der Waals surface area (Å²) in [6, 6.07) is 12.1. The number of amides is 1. The third-order valence-corrected chi connectivity index (χ3v) is 8.06. The second-order valence-electron chi connectivity index (χ2n) is 10.7. The predicted molar refractivity (Wildman–Crippen MR) is 172 cm³/mol. The van der Waals surface area contributed by atoms with E-state index in [1.165, 1.54) is 26.6 Å². The standard InChI is InChI=1S/C32H31ClFN7O4/c1-40-9-5-6-18(40)10-22(34)32(42)39-25-12-20-23(14-29(25)43-3)35-16-36-31(20)38-26-13-21(33)28(15-30(26)44-4)45-19-7-8-27-24(11-19)37-17-41(27)2/h7-8,10-18H,5-6,9H2,1-4H3,(H,39,42)(H,35,36,38)/b22-10-. The van der Waals surface area contributed by atoms with E-state index in [1.54, 1.807) is 30.6 Å². The van der Waals surface area contributed by atoms with Crippen molar-refractivity contribution in [2.45, 2.75) is 18.9 Å². The van der Waals surface area contributed by atoms with Crippen LogP contribution in [0.15, 0.2) is 67.0 Å². The van der Waals surface area contributed by atoms with Crippen LogP contribution in [-0.4, -0.2) is 64.2 Å². The van der Waals surface area contributed by atoms with Crippen LogP contribution in [0.5, 0.6) is 23.0 Å². The number of hydrogen-bond donors (Lipinski definition) is 2. The van der Waals surface area contributed by atoms with Gasteiger partial charge in [-0.15, -0.1) is 0 Å². The molecule has 1 aliphatic rings. The number of halogens is 2. The van der Waals surface area contributed by atoms with E-state index in [0.717, 1.165) is 30.4 Å². The number of hydrogen-bond acceptors (Lipinski definition) is 9. The molecule has 11 nitrogen and oxygen atoms in total. The van der Waals surface area contributed by atoms with Gasteiger partial charge in [0.25, 0.3) is 5.91 Å². The SMILES string of the molecule is COc1cc2ncnc(Nc3cc(Cl)c(Oc4ccc5c(c4)ncn5C)cc3OC)c2cc1NC(=O)/C(F)=C/C1CCCN1C. The van der Waals surface area contributed by atoms with Crippen molar-refractivity contribution in [3.8, 4) is 23.0 Å². The molecule has 1 aliphatic heterocycles. The molecule has 1 amide bonds. The van der Waals surface area contributed by atoms with Crippen LogP contribution >= 0.6 is 11.6 Å². The molecule has 1 unspecified atom stereocenters. The van der Waals surface area contributed by atoms with Crippen LogP contribution in [-0.2, 0) is 11.8 Å². The van der Waals surface area contributed by atoms with Gasteiger partial charge in [-0.2, -0.15) is 0 Å². The van der Waals surface area contributed by atoms with Gasteiger partial charge in [-0.1, -0.05) is 11.6 Å². The Kier molecular flexibility index (Phi) is 8.42. The van der Waals surface area contributed by atoms with Crippen LogP contribution in [0.1, 0.15) is 12.8 Å². The molecule has 1 fully saturated rings. The molecule has 1 atom stereocenters. The van der Waals surface area contributed by atoms with Gasteiger partial charge in [0.2, 0.25) is 0 Å². The molecule has 0 radical (unpaired) electrons. The van der Waals surface area contributed by atoms with Crippen LogP contribution in [0, 0.1) is 0 Å². The molecule has 0 spiro atoms. The molecule has 13 heteroatoms. The Morgan fingerprint density at radius 3 is 2.56 bits per heavy atom. The van der Waals surface area contributed by atoms with E-state index in [0.29, 0.717) is 50.4 Å². The Hall–Kier alpha value is -4.94. The van der Waals surface area contributed by atoms with Gasteiger partial charge in [0.05, 0.1) is 53.5 Å². The zero-order valence-corrected chi connectivity index (χ0v) is 25.9. The molecule has 0 aliphatic carbocycles. The molecule has 3 heterocycles. The first-order valence-corrected chi connectivity index (χ1v) is 14.6. The lowest BCUT2D eigenvalue weighted by atomic mass is 10.1. The average molecular weight is 632 g/mol. The molecule has 232 valence electrons. The van der Waals surface area contributed by atoms with Crippen LogP contribution in [0.25, 0.3) is 21.9 Å². The lowest BCUT2D eigenvalue weighted by molar-refractivity contribution is -0.114. The third kappa shape index (κ3) is 6.19. The highest BCUT2D eigenvalue weighted by molar-refractivity contribution is 6.32. The molecule has 3 aromatic carbocycles. The summed E-state index contributed by atoms with van der Waals surface area (Å²) in [5.74, 6) is 0.368. The molecule has 0 saturated carbocycles. The smallest absolute Gasteiger partial charge is 0.284 e. The summed E-state index contributed by atoms with van der Waals surface area (Å²) >= 11 is 6.66. The lowest BCUT2D eigenvalue weighted by Gasteiger charge is -2.17. The molecule has 45 heavy (non-hydrogen) atoms. The fourth-order valence-electron chi connectivity index (χ4n) is 5.34. The number of carbonyl (C=O) groups is 1. The highest BCUT2D eigenvalue weighted by Gasteiger charge is 2.22. The van der Waals surface area contributed by atoms with Gasteiger partial charge in [-0.25, -0.2) is 19.3 Å². The maximum absolute atomic E-state index is 14.9. The number of likely N-dealkylation sites (tertiary alicyclic amines) is 1. The number of nitrogens with zero attached hydrogens (tertiary/aromatic N) is 5. The van der Waals surface area contributed by atoms with E-state index in [2.05, 4.69) is 25.6 Å². The normalized spacial score (nSPS) is 15.4. The number of rotatable bonds is 9.